The van der Waals surface area contributed by atoms with Crippen molar-refractivity contribution in [1.82, 2.24) is 10.2 Å². The molecular formula is C7H5BF3N2-. The molecule has 0 bridgehead atoms. The molecule has 0 aliphatic heterocycles. The van der Waals surface area contributed by atoms with Crippen LogP contribution in [0.15, 0.2) is 24.4 Å². The second kappa shape index (κ2) is 2.51. The van der Waals surface area contributed by atoms with Crippen LogP contribution in [0.1, 0.15) is 0 Å². The second-order valence-corrected chi connectivity index (χ2v) is 2.79. The highest BCUT2D eigenvalue weighted by Gasteiger charge is 2.25. The van der Waals surface area contributed by atoms with Gasteiger partial charge in [-0.2, -0.15) is 5.10 Å². The summed E-state index contributed by atoms with van der Waals surface area (Å²) < 4.78 is 36.8. The van der Waals surface area contributed by atoms with Crippen molar-refractivity contribution in [2.45, 2.75) is 0 Å². The van der Waals surface area contributed by atoms with E-state index in [4.69, 9.17) is 0 Å². The van der Waals surface area contributed by atoms with Gasteiger partial charge in [-0.3, -0.25) is 5.10 Å². The minimum Gasteiger partial charge on any atom is -0.445 e. The summed E-state index contributed by atoms with van der Waals surface area (Å²) in [6.45, 7) is -4.91. The maximum atomic E-state index is 12.3. The SMILES string of the molecule is F[B-](F)(F)c1ccc2cn[nH]c2c1. The molecule has 6 heteroatoms. The van der Waals surface area contributed by atoms with Crippen LogP contribution >= 0.6 is 0 Å². The van der Waals surface area contributed by atoms with Crippen LogP contribution in [0.5, 0.6) is 0 Å². The normalized spacial score (nSPS) is 12.2. The van der Waals surface area contributed by atoms with Gasteiger partial charge >= 0.3 is 6.98 Å². The first-order chi connectivity index (χ1) is 6.07. The van der Waals surface area contributed by atoms with E-state index in [1.165, 1.54) is 12.3 Å². The minimum atomic E-state index is -4.91. The lowest BCUT2D eigenvalue weighted by atomic mass is 9.80. The predicted molar refractivity (Wildman–Crippen MR) is 44.8 cm³/mol. The highest BCUT2D eigenvalue weighted by molar-refractivity contribution is 6.73. The highest BCUT2D eigenvalue weighted by atomic mass is 19.4. The van der Waals surface area contributed by atoms with Crippen LogP contribution < -0.4 is 5.46 Å². The van der Waals surface area contributed by atoms with E-state index in [9.17, 15) is 12.9 Å². The fourth-order valence-electron chi connectivity index (χ4n) is 1.16. The Hall–Kier alpha value is -1.46. The molecule has 0 aliphatic carbocycles. The maximum absolute atomic E-state index is 12.3. The van der Waals surface area contributed by atoms with E-state index in [2.05, 4.69) is 10.2 Å². The smallest absolute Gasteiger partial charge is 0.445 e. The van der Waals surface area contributed by atoms with Gasteiger partial charge in [-0.25, -0.2) is 0 Å². The Morgan fingerprint density at radius 3 is 2.69 bits per heavy atom. The third-order valence-electron chi connectivity index (χ3n) is 1.84. The van der Waals surface area contributed by atoms with Crippen molar-refractivity contribution in [1.29, 1.82) is 0 Å². The van der Waals surface area contributed by atoms with Gasteiger partial charge < -0.3 is 12.9 Å². The van der Waals surface area contributed by atoms with Crippen molar-refractivity contribution in [2.75, 3.05) is 0 Å². The molecule has 0 aliphatic rings. The Morgan fingerprint density at radius 1 is 1.23 bits per heavy atom. The van der Waals surface area contributed by atoms with Gasteiger partial charge in [0.25, 0.3) is 0 Å². The molecule has 1 N–H and O–H groups in total. The zero-order valence-corrected chi connectivity index (χ0v) is 6.47. The molecule has 1 aromatic carbocycles. The van der Waals surface area contributed by atoms with Gasteiger partial charge in [0.15, 0.2) is 0 Å². The largest absolute Gasteiger partial charge is 0.509 e. The lowest BCUT2D eigenvalue weighted by Gasteiger charge is -2.13. The number of hydrogen-bond donors (Lipinski definition) is 1. The van der Waals surface area contributed by atoms with E-state index in [-0.39, 0.29) is 0 Å². The number of aromatic amines is 1. The molecule has 68 valence electrons. The van der Waals surface area contributed by atoms with Crippen molar-refractivity contribution < 1.29 is 12.9 Å². The van der Waals surface area contributed by atoms with E-state index in [1.807, 2.05) is 0 Å². The van der Waals surface area contributed by atoms with Gasteiger partial charge in [0.05, 0.1) is 11.7 Å². The maximum Gasteiger partial charge on any atom is 0.509 e. The fourth-order valence-corrected chi connectivity index (χ4v) is 1.16. The molecule has 0 amide bonds. The Balaban J connectivity index is 2.61. The summed E-state index contributed by atoms with van der Waals surface area (Å²) in [4.78, 5) is 0. The van der Waals surface area contributed by atoms with Gasteiger partial charge in [0.1, 0.15) is 0 Å². The summed E-state index contributed by atoms with van der Waals surface area (Å²) in [6, 6.07) is 3.55. The molecular weight excluding hydrogens is 180 g/mol. The van der Waals surface area contributed by atoms with Gasteiger partial charge in [0.2, 0.25) is 0 Å². The van der Waals surface area contributed by atoms with Crippen LogP contribution in [-0.4, -0.2) is 17.2 Å². The minimum absolute atomic E-state index is 0.414. The molecule has 0 radical (unpaired) electrons. The first-order valence-electron chi connectivity index (χ1n) is 3.70. The van der Waals surface area contributed by atoms with Crippen molar-refractivity contribution >= 4 is 23.3 Å². The van der Waals surface area contributed by atoms with E-state index in [0.29, 0.717) is 10.9 Å². The first kappa shape index (κ1) is 8.16. The van der Waals surface area contributed by atoms with Crippen LogP contribution in [0.3, 0.4) is 0 Å². The van der Waals surface area contributed by atoms with Gasteiger partial charge in [-0.1, -0.05) is 18.2 Å². The number of hydrogen-bond acceptors (Lipinski definition) is 1. The van der Waals surface area contributed by atoms with Gasteiger partial charge in [-0.05, 0) is 0 Å². The van der Waals surface area contributed by atoms with Crippen molar-refractivity contribution in [3.63, 3.8) is 0 Å². The molecule has 0 fully saturated rings. The quantitative estimate of drug-likeness (QED) is 0.671. The molecule has 0 atom stereocenters. The van der Waals surface area contributed by atoms with E-state index in [1.54, 1.807) is 0 Å². The Kier molecular flexibility index (Phi) is 1.58. The van der Waals surface area contributed by atoms with Crippen LogP contribution in [-0.2, 0) is 0 Å². The number of aromatic nitrogens is 2. The molecule has 2 rings (SSSR count). The van der Waals surface area contributed by atoms with E-state index < -0.39 is 12.4 Å². The topological polar surface area (TPSA) is 28.7 Å². The van der Waals surface area contributed by atoms with E-state index in [0.717, 1.165) is 12.1 Å². The molecule has 0 unspecified atom stereocenters. The fraction of sp³-hybridized carbons (Fsp3) is 0. The lowest BCUT2D eigenvalue weighted by Crippen LogP contribution is -2.33. The average Bonchev–Trinajstić information content (AvgIpc) is 2.47. The number of rotatable bonds is 1. The number of halogens is 3. The lowest BCUT2D eigenvalue weighted by molar-refractivity contribution is 0.501. The van der Waals surface area contributed by atoms with Crippen molar-refractivity contribution in [3.05, 3.63) is 24.4 Å². The molecule has 2 nitrogen and oxygen atoms in total. The number of nitrogens with one attached hydrogen (secondary N) is 1. The van der Waals surface area contributed by atoms with Crippen LogP contribution in [0, 0.1) is 0 Å². The summed E-state index contributed by atoms with van der Waals surface area (Å²) in [5.74, 6) is 0. The standard InChI is InChI=1S/C7H5BF3N2/c9-8(10,11)6-2-1-5-4-12-13-7(5)3-6/h1-4H,(H,12,13)/q-1. The monoisotopic (exact) mass is 185 g/mol. The van der Waals surface area contributed by atoms with Crippen LogP contribution in [0.4, 0.5) is 12.9 Å². The number of benzene rings is 1. The van der Waals surface area contributed by atoms with E-state index >= 15 is 0 Å². The molecule has 0 saturated heterocycles. The number of nitrogens with zero attached hydrogens (tertiary/aromatic N) is 1. The molecule has 1 heterocycles. The Bertz CT molecular complexity index is 434. The zero-order chi connectivity index (χ0) is 9.47. The second-order valence-electron chi connectivity index (χ2n) is 2.79. The molecule has 2 aromatic rings. The Labute approximate surface area is 71.8 Å². The van der Waals surface area contributed by atoms with Crippen LogP contribution in [0.2, 0.25) is 0 Å². The third kappa shape index (κ3) is 1.39. The summed E-state index contributed by atoms with van der Waals surface area (Å²) in [6.07, 6.45) is 1.49. The number of H-pyrrole nitrogens is 1. The predicted octanol–water partition coefficient (Wildman–Crippen LogP) is 1.62. The Morgan fingerprint density at radius 2 is 2.00 bits per heavy atom. The van der Waals surface area contributed by atoms with Crippen molar-refractivity contribution in [2.24, 2.45) is 0 Å². The van der Waals surface area contributed by atoms with Gasteiger partial charge in [0, 0.05) is 5.39 Å². The van der Waals surface area contributed by atoms with Gasteiger partial charge in [-0.15, -0.1) is 5.46 Å². The number of fused-ring (bicyclic) bond motifs is 1. The molecule has 0 saturated carbocycles. The highest BCUT2D eigenvalue weighted by Crippen LogP contribution is 2.13. The summed E-state index contributed by atoms with van der Waals surface area (Å²) in [7, 11) is 0. The third-order valence-corrected chi connectivity index (χ3v) is 1.84. The van der Waals surface area contributed by atoms with Crippen molar-refractivity contribution in [3.8, 4) is 0 Å². The molecule has 0 spiro atoms. The van der Waals surface area contributed by atoms with Crippen LogP contribution in [0.25, 0.3) is 10.9 Å². The zero-order valence-electron chi connectivity index (χ0n) is 6.47. The summed E-state index contributed by atoms with van der Waals surface area (Å²) >= 11 is 0. The average molecular weight is 185 g/mol. The summed E-state index contributed by atoms with van der Waals surface area (Å²) in [5.41, 5.74) is -0.187. The molecule has 1 aromatic heterocycles. The molecule has 13 heavy (non-hydrogen) atoms. The first-order valence-corrected chi connectivity index (χ1v) is 3.70. The summed E-state index contributed by atoms with van der Waals surface area (Å²) in [5, 5.41) is 6.82.